The van der Waals surface area contributed by atoms with E-state index in [1.54, 1.807) is 0 Å². The van der Waals surface area contributed by atoms with Crippen molar-refractivity contribution in [3.8, 4) is 11.3 Å². The Bertz CT molecular complexity index is 484. The van der Waals surface area contributed by atoms with E-state index in [1.807, 2.05) is 0 Å². The first-order valence-corrected chi connectivity index (χ1v) is 4.35. The molecule has 0 atom stereocenters. The monoisotopic (exact) mass is 230 g/mol. The lowest BCUT2D eigenvalue weighted by molar-refractivity contribution is -0.137. The van der Waals surface area contributed by atoms with Crippen LogP contribution in [-0.2, 0) is 6.18 Å². The summed E-state index contributed by atoms with van der Waals surface area (Å²) >= 11 is 0. The summed E-state index contributed by atoms with van der Waals surface area (Å²) in [6, 6.07) is 4.18. The van der Waals surface area contributed by atoms with Crippen LogP contribution in [0.1, 0.15) is 5.56 Å². The van der Waals surface area contributed by atoms with E-state index in [0.717, 1.165) is 18.3 Å². The van der Waals surface area contributed by atoms with Gasteiger partial charge < -0.3 is 0 Å². The molecule has 0 fully saturated rings. The second-order valence-electron chi connectivity index (χ2n) is 3.17. The van der Waals surface area contributed by atoms with Gasteiger partial charge in [0, 0.05) is 5.56 Å². The molecule has 0 saturated heterocycles. The van der Waals surface area contributed by atoms with Gasteiger partial charge in [-0.15, -0.1) is 0 Å². The van der Waals surface area contributed by atoms with Crippen LogP contribution in [-0.4, -0.2) is 10.2 Å². The maximum Gasteiger partial charge on any atom is 0.416 e. The topological polar surface area (TPSA) is 28.7 Å². The average Bonchev–Trinajstić information content (AvgIpc) is 2.63. The Hall–Kier alpha value is -1.85. The Labute approximate surface area is 87.9 Å². The third kappa shape index (κ3) is 1.91. The van der Waals surface area contributed by atoms with Crippen molar-refractivity contribution in [1.29, 1.82) is 0 Å². The summed E-state index contributed by atoms with van der Waals surface area (Å²) in [6.07, 6.45) is -3.42. The van der Waals surface area contributed by atoms with Crippen LogP contribution in [0.25, 0.3) is 11.3 Å². The Morgan fingerprint density at radius 3 is 2.12 bits per heavy atom. The molecule has 1 aromatic heterocycles. The quantitative estimate of drug-likeness (QED) is 0.748. The number of hydrogen-bond acceptors (Lipinski definition) is 1. The fourth-order valence-electron chi connectivity index (χ4n) is 1.30. The Morgan fingerprint density at radius 2 is 1.69 bits per heavy atom. The largest absolute Gasteiger partial charge is 0.416 e. The molecule has 0 bridgehead atoms. The molecule has 0 saturated carbocycles. The first kappa shape index (κ1) is 10.7. The molecule has 0 amide bonds. The minimum absolute atomic E-state index is 0.0775. The molecule has 84 valence electrons. The van der Waals surface area contributed by atoms with Crippen molar-refractivity contribution in [3.63, 3.8) is 0 Å². The van der Waals surface area contributed by atoms with Gasteiger partial charge in [0.25, 0.3) is 0 Å². The molecule has 0 spiro atoms. The fourth-order valence-corrected chi connectivity index (χ4v) is 1.30. The van der Waals surface area contributed by atoms with Gasteiger partial charge in [-0.2, -0.15) is 18.3 Å². The number of nitrogens with one attached hydrogen (secondary N) is 1. The maximum absolute atomic E-state index is 13.1. The number of aromatic amines is 1. The zero-order valence-corrected chi connectivity index (χ0v) is 7.85. The maximum atomic E-state index is 13.1. The molecule has 0 aliphatic carbocycles. The number of alkyl halides is 3. The zero-order valence-electron chi connectivity index (χ0n) is 7.85. The third-order valence-corrected chi connectivity index (χ3v) is 2.09. The standard InChI is InChI=1S/C10H6F4N2/c11-8-5-15-16-9(8)6-1-3-7(4-2-6)10(12,13)14/h1-5H,(H,15,16). The van der Waals surface area contributed by atoms with Gasteiger partial charge >= 0.3 is 6.18 Å². The Balaban J connectivity index is 2.37. The van der Waals surface area contributed by atoms with E-state index < -0.39 is 17.6 Å². The van der Waals surface area contributed by atoms with Gasteiger partial charge in [-0.25, -0.2) is 4.39 Å². The molecule has 1 N–H and O–H groups in total. The number of hydrogen-bond donors (Lipinski definition) is 1. The van der Waals surface area contributed by atoms with Gasteiger partial charge in [0.2, 0.25) is 0 Å². The van der Waals surface area contributed by atoms with Gasteiger partial charge in [0.15, 0.2) is 5.82 Å². The summed E-state index contributed by atoms with van der Waals surface area (Å²) in [7, 11) is 0. The van der Waals surface area contributed by atoms with Crippen LogP contribution in [0.4, 0.5) is 17.6 Å². The van der Waals surface area contributed by atoms with E-state index in [-0.39, 0.29) is 5.69 Å². The highest BCUT2D eigenvalue weighted by Gasteiger charge is 2.30. The average molecular weight is 230 g/mol. The van der Waals surface area contributed by atoms with Gasteiger partial charge in [-0.05, 0) is 12.1 Å². The third-order valence-electron chi connectivity index (χ3n) is 2.09. The van der Waals surface area contributed by atoms with Crippen molar-refractivity contribution in [1.82, 2.24) is 10.2 Å². The minimum atomic E-state index is -4.38. The summed E-state index contributed by atoms with van der Waals surface area (Å²) in [5.74, 6) is -0.597. The van der Waals surface area contributed by atoms with Crippen molar-refractivity contribution in [2.24, 2.45) is 0 Å². The lowest BCUT2D eigenvalue weighted by Crippen LogP contribution is -2.04. The van der Waals surface area contributed by atoms with Gasteiger partial charge in [0.05, 0.1) is 11.8 Å². The van der Waals surface area contributed by atoms with E-state index in [4.69, 9.17) is 0 Å². The van der Waals surface area contributed by atoms with Crippen LogP contribution in [0.2, 0.25) is 0 Å². The molecule has 0 radical (unpaired) electrons. The highest BCUT2D eigenvalue weighted by atomic mass is 19.4. The smallest absolute Gasteiger partial charge is 0.275 e. The van der Waals surface area contributed by atoms with Crippen molar-refractivity contribution in [3.05, 3.63) is 41.8 Å². The minimum Gasteiger partial charge on any atom is -0.275 e. The summed E-state index contributed by atoms with van der Waals surface area (Å²) in [5, 5.41) is 5.82. The van der Waals surface area contributed by atoms with Crippen molar-refractivity contribution in [2.45, 2.75) is 6.18 Å². The van der Waals surface area contributed by atoms with Gasteiger partial charge in [-0.3, -0.25) is 5.10 Å². The molecule has 16 heavy (non-hydrogen) atoms. The normalized spacial score (nSPS) is 11.8. The van der Waals surface area contributed by atoms with Crippen molar-refractivity contribution >= 4 is 0 Å². The van der Waals surface area contributed by atoms with E-state index in [1.165, 1.54) is 12.1 Å². The molecular formula is C10H6F4N2. The van der Waals surface area contributed by atoms with Crippen molar-refractivity contribution in [2.75, 3.05) is 0 Å². The predicted molar refractivity (Wildman–Crippen MR) is 49.0 cm³/mol. The molecule has 0 aliphatic heterocycles. The molecule has 1 aromatic carbocycles. The van der Waals surface area contributed by atoms with E-state index in [2.05, 4.69) is 10.2 Å². The SMILES string of the molecule is Fc1cn[nH]c1-c1ccc(C(F)(F)F)cc1. The van der Waals surface area contributed by atoms with Crippen LogP contribution in [0.5, 0.6) is 0 Å². The number of H-pyrrole nitrogens is 1. The highest BCUT2D eigenvalue weighted by Crippen LogP contribution is 2.30. The lowest BCUT2D eigenvalue weighted by atomic mass is 10.1. The molecular weight excluding hydrogens is 224 g/mol. The number of rotatable bonds is 1. The van der Waals surface area contributed by atoms with Crippen LogP contribution in [0.3, 0.4) is 0 Å². The van der Waals surface area contributed by atoms with Crippen molar-refractivity contribution < 1.29 is 17.6 Å². The van der Waals surface area contributed by atoms with E-state index in [0.29, 0.717) is 5.56 Å². The molecule has 6 heteroatoms. The number of aromatic nitrogens is 2. The molecule has 1 heterocycles. The number of nitrogens with zero attached hydrogens (tertiary/aromatic N) is 1. The molecule has 0 aliphatic rings. The van der Waals surface area contributed by atoms with Crippen LogP contribution in [0.15, 0.2) is 30.5 Å². The second-order valence-corrected chi connectivity index (χ2v) is 3.17. The number of benzene rings is 1. The molecule has 2 rings (SSSR count). The van der Waals surface area contributed by atoms with E-state index in [9.17, 15) is 17.6 Å². The second kappa shape index (κ2) is 3.62. The predicted octanol–water partition coefficient (Wildman–Crippen LogP) is 3.23. The molecule has 2 nitrogen and oxygen atoms in total. The Kier molecular flexibility index (Phi) is 2.41. The van der Waals surface area contributed by atoms with Gasteiger partial charge in [0.1, 0.15) is 5.69 Å². The fraction of sp³-hybridized carbons (Fsp3) is 0.100. The Morgan fingerprint density at radius 1 is 1.06 bits per heavy atom. The van der Waals surface area contributed by atoms with Crippen LogP contribution in [0, 0.1) is 5.82 Å². The lowest BCUT2D eigenvalue weighted by Gasteiger charge is -2.06. The summed E-state index contributed by atoms with van der Waals surface area (Å²) in [4.78, 5) is 0. The summed E-state index contributed by atoms with van der Waals surface area (Å²) in [6.45, 7) is 0. The van der Waals surface area contributed by atoms with E-state index >= 15 is 0 Å². The molecule has 0 unspecified atom stereocenters. The number of halogens is 4. The van der Waals surface area contributed by atoms with Crippen LogP contribution >= 0.6 is 0 Å². The first-order chi connectivity index (χ1) is 7.48. The first-order valence-electron chi connectivity index (χ1n) is 4.35. The zero-order chi connectivity index (χ0) is 11.8. The summed E-state index contributed by atoms with van der Waals surface area (Å²) in [5.41, 5.74) is -0.368. The van der Waals surface area contributed by atoms with Crippen LogP contribution < -0.4 is 0 Å². The summed E-state index contributed by atoms with van der Waals surface area (Å²) < 4.78 is 49.8. The molecule has 2 aromatic rings. The highest BCUT2D eigenvalue weighted by molar-refractivity contribution is 5.59. The van der Waals surface area contributed by atoms with Gasteiger partial charge in [-0.1, -0.05) is 12.1 Å².